The molecule has 0 unspecified atom stereocenters. The molecule has 2 rings (SSSR count). The maximum atomic E-state index is 12.2. The number of amides is 1. The van der Waals surface area contributed by atoms with Crippen LogP contribution in [0.25, 0.3) is 0 Å². The van der Waals surface area contributed by atoms with Gasteiger partial charge in [0, 0.05) is 12.1 Å². The highest BCUT2D eigenvalue weighted by molar-refractivity contribution is 6.03. The summed E-state index contributed by atoms with van der Waals surface area (Å²) in [4.78, 5) is 24.3. The van der Waals surface area contributed by atoms with Crippen molar-refractivity contribution < 1.29 is 14.3 Å². The van der Waals surface area contributed by atoms with Crippen LogP contribution >= 0.6 is 0 Å². The number of fused-ring (bicyclic) bond motifs is 1. The van der Waals surface area contributed by atoms with Gasteiger partial charge in [-0.15, -0.1) is 0 Å². The summed E-state index contributed by atoms with van der Waals surface area (Å²) in [6.45, 7) is 6.62. The highest BCUT2D eigenvalue weighted by Gasteiger charge is 2.32. The van der Waals surface area contributed by atoms with Crippen LogP contribution in [-0.4, -0.2) is 23.8 Å². The third-order valence-corrected chi connectivity index (χ3v) is 3.83. The number of hydrogen-bond acceptors (Lipinski definition) is 3. The summed E-state index contributed by atoms with van der Waals surface area (Å²) in [5.41, 5.74) is 0.552. The van der Waals surface area contributed by atoms with E-state index in [-0.39, 0.29) is 11.7 Å². The molecule has 0 fully saturated rings. The molecule has 1 aliphatic heterocycles. The van der Waals surface area contributed by atoms with Gasteiger partial charge in [0.1, 0.15) is 11.4 Å². The Kier molecular flexibility index (Phi) is 5.22. The molecule has 1 aliphatic rings. The zero-order valence-electron chi connectivity index (χ0n) is 13.7. The monoisotopic (exact) mass is 303 g/mol. The van der Waals surface area contributed by atoms with Gasteiger partial charge < -0.3 is 10.1 Å². The Labute approximate surface area is 132 Å². The number of Topliss-reactive ketones (excluding diaryl/α,β-unsaturated/α-hetero) is 1. The van der Waals surface area contributed by atoms with E-state index in [1.807, 2.05) is 13.8 Å². The van der Waals surface area contributed by atoms with Crippen LogP contribution in [0.15, 0.2) is 18.2 Å². The van der Waals surface area contributed by atoms with E-state index in [1.165, 1.54) is 12.8 Å². The lowest BCUT2D eigenvalue weighted by Gasteiger charge is -2.31. The molecule has 0 aliphatic carbocycles. The van der Waals surface area contributed by atoms with E-state index in [4.69, 9.17) is 4.74 Å². The molecule has 0 aromatic heterocycles. The second kappa shape index (κ2) is 6.95. The average molecular weight is 303 g/mol. The molecule has 1 aromatic carbocycles. The minimum Gasteiger partial charge on any atom is -0.487 e. The lowest BCUT2D eigenvalue weighted by molar-refractivity contribution is 0.0620. The summed E-state index contributed by atoms with van der Waals surface area (Å²) in [5, 5.41) is 2.90. The molecular formula is C18H25NO3. The van der Waals surface area contributed by atoms with Crippen LogP contribution in [0.4, 0.5) is 0 Å². The number of hydrogen-bond donors (Lipinski definition) is 1. The number of carbonyl (C=O) groups excluding carboxylic acids is 2. The molecule has 120 valence electrons. The topological polar surface area (TPSA) is 55.4 Å². The summed E-state index contributed by atoms with van der Waals surface area (Å²) in [6, 6.07) is 5.09. The Hall–Kier alpha value is -1.84. The quantitative estimate of drug-likeness (QED) is 0.814. The summed E-state index contributed by atoms with van der Waals surface area (Å²) in [7, 11) is 0. The number of benzene rings is 1. The summed E-state index contributed by atoms with van der Waals surface area (Å²) >= 11 is 0. The standard InChI is InChI=1S/C18H25NO3/c1-4-5-6-7-10-19-17(21)13-8-9-16-14(11-13)15(20)12-18(2,3)22-16/h8-9,11H,4-7,10,12H2,1-3H3,(H,19,21). The van der Waals surface area contributed by atoms with Crippen molar-refractivity contribution in [1.82, 2.24) is 5.32 Å². The van der Waals surface area contributed by atoms with Crippen LogP contribution < -0.4 is 10.1 Å². The maximum Gasteiger partial charge on any atom is 0.251 e. The van der Waals surface area contributed by atoms with Crippen molar-refractivity contribution in [2.24, 2.45) is 0 Å². The molecule has 0 spiro atoms. The Balaban J connectivity index is 2.00. The number of ketones is 1. The highest BCUT2D eigenvalue weighted by atomic mass is 16.5. The van der Waals surface area contributed by atoms with Gasteiger partial charge in [-0.05, 0) is 38.5 Å². The summed E-state index contributed by atoms with van der Waals surface area (Å²) < 4.78 is 5.80. The van der Waals surface area contributed by atoms with Gasteiger partial charge in [0.25, 0.3) is 5.91 Å². The average Bonchev–Trinajstić information content (AvgIpc) is 2.45. The second-order valence-corrected chi connectivity index (χ2v) is 6.49. The first kappa shape index (κ1) is 16.5. The van der Waals surface area contributed by atoms with Crippen molar-refractivity contribution in [3.8, 4) is 5.75 Å². The molecule has 0 saturated carbocycles. The second-order valence-electron chi connectivity index (χ2n) is 6.49. The van der Waals surface area contributed by atoms with Crippen LogP contribution in [0, 0.1) is 0 Å². The number of unbranched alkanes of at least 4 members (excludes halogenated alkanes) is 3. The third kappa shape index (κ3) is 4.09. The van der Waals surface area contributed by atoms with Crippen LogP contribution in [0.3, 0.4) is 0 Å². The largest absolute Gasteiger partial charge is 0.487 e. The van der Waals surface area contributed by atoms with Gasteiger partial charge in [-0.25, -0.2) is 0 Å². The molecular weight excluding hydrogens is 278 g/mol. The van der Waals surface area contributed by atoms with Crippen molar-refractivity contribution in [2.45, 2.75) is 58.5 Å². The van der Waals surface area contributed by atoms with E-state index >= 15 is 0 Å². The van der Waals surface area contributed by atoms with Crippen LogP contribution in [0.1, 0.15) is 73.6 Å². The molecule has 1 heterocycles. The van der Waals surface area contributed by atoms with E-state index < -0.39 is 5.60 Å². The first-order valence-electron chi connectivity index (χ1n) is 8.07. The van der Waals surface area contributed by atoms with Gasteiger partial charge in [-0.2, -0.15) is 0 Å². The molecule has 0 atom stereocenters. The number of rotatable bonds is 6. The fourth-order valence-electron chi connectivity index (χ4n) is 2.65. The van der Waals surface area contributed by atoms with E-state index in [2.05, 4.69) is 12.2 Å². The van der Waals surface area contributed by atoms with Gasteiger partial charge in [-0.3, -0.25) is 9.59 Å². The molecule has 1 N–H and O–H groups in total. The van der Waals surface area contributed by atoms with E-state index in [0.29, 0.717) is 29.8 Å². The zero-order valence-corrected chi connectivity index (χ0v) is 13.7. The first-order chi connectivity index (χ1) is 10.4. The lowest BCUT2D eigenvalue weighted by atomic mass is 9.92. The molecule has 1 aromatic rings. The highest BCUT2D eigenvalue weighted by Crippen LogP contribution is 2.33. The van der Waals surface area contributed by atoms with Gasteiger partial charge in [-0.1, -0.05) is 26.2 Å². The summed E-state index contributed by atoms with van der Waals surface area (Å²) in [6.07, 6.45) is 4.82. The molecule has 4 heteroatoms. The minimum absolute atomic E-state index is 0.0313. The molecule has 0 radical (unpaired) electrons. The van der Waals surface area contributed by atoms with E-state index in [9.17, 15) is 9.59 Å². The first-order valence-corrected chi connectivity index (χ1v) is 8.07. The lowest BCUT2D eigenvalue weighted by Crippen LogP contribution is -2.36. The molecule has 1 amide bonds. The molecule has 0 bridgehead atoms. The number of nitrogens with one attached hydrogen (secondary N) is 1. The van der Waals surface area contributed by atoms with Crippen LogP contribution in [0.5, 0.6) is 5.75 Å². The number of carbonyl (C=O) groups is 2. The predicted octanol–water partition coefficient (Wildman–Crippen LogP) is 3.74. The van der Waals surface area contributed by atoms with E-state index in [1.54, 1.807) is 18.2 Å². The van der Waals surface area contributed by atoms with Crippen molar-refractivity contribution in [3.05, 3.63) is 29.3 Å². The maximum absolute atomic E-state index is 12.2. The predicted molar refractivity (Wildman–Crippen MR) is 86.6 cm³/mol. The normalized spacial score (nSPS) is 15.9. The Morgan fingerprint density at radius 3 is 2.77 bits per heavy atom. The van der Waals surface area contributed by atoms with Crippen molar-refractivity contribution in [2.75, 3.05) is 6.54 Å². The van der Waals surface area contributed by atoms with Crippen LogP contribution in [0.2, 0.25) is 0 Å². The van der Waals surface area contributed by atoms with E-state index in [0.717, 1.165) is 12.8 Å². The number of ether oxygens (including phenoxy) is 1. The van der Waals surface area contributed by atoms with Crippen molar-refractivity contribution in [3.63, 3.8) is 0 Å². The van der Waals surface area contributed by atoms with Crippen molar-refractivity contribution in [1.29, 1.82) is 0 Å². The SMILES string of the molecule is CCCCCCNC(=O)c1ccc2c(c1)C(=O)CC(C)(C)O2. The van der Waals surface area contributed by atoms with Crippen molar-refractivity contribution >= 4 is 11.7 Å². The Morgan fingerprint density at radius 1 is 1.27 bits per heavy atom. The fourth-order valence-corrected chi connectivity index (χ4v) is 2.65. The Bertz CT molecular complexity index is 563. The minimum atomic E-state index is -0.479. The van der Waals surface area contributed by atoms with Gasteiger partial charge >= 0.3 is 0 Å². The molecule has 4 nitrogen and oxygen atoms in total. The summed E-state index contributed by atoms with van der Waals surface area (Å²) in [5.74, 6) is 0.474. The molecule has 22 heavy (non-hydrogen) atoms. The van der Waals surface area contributed by atoms with Gasteiger partial charge in [0.15, 0.2) is 5.78 Å². The zero-order chi connectivity index (χ0) is 16.2. The van der Waals surface area contributed by atoms with Crippen LogP contribution in [-0.2, 0) is 0 Å². The third-order valence-electron chi connectivity index (χ3n) is 3.83. The smallest absolute Gasteiger partial charge is 0.251 e. The Morgan fingerprint density at radius 2 is 2.05 bits per heavy atom. The van der Waals surface area contributed by atoms with Gasteiger partial charge in [0.2, 0.25) is 0 Å². The van der Waals surface area contributed by atoms with Gasteiger partial charge in [0.05, 0.1) is 12.0 Å². The fraction of sp³-hybridized carbons (Fsp3) is 0.556. The molecule has 0 saturated heterocycles.